The standard InChI is InChI=1S/C47H54N7O9P/c1-8-27-49-63-64(54(30(2)3)31(4)5)62-42-39(61-41(40(42)55)38-28-48-53-43(38)50-45(52-46(53)57)51-44(56)32-15-11-9-12-16-32)29-60-47(33-17-13-10-14-18-33,34-19-23-36(58-6)24-20-34)35-21-25-37(59-7)26-22-35/h9-28,30-31,39-42,55H,8,29H2,1-7H3,(H2,50,51,52,56,57)/b49-27+. The summed E-state index contributed by atoms with van der Waals surface area (Å²) in [6, 6.07) is 33.6. The number of carbonyl (C=O) groups excluding carboxylic acids is 1. The Morgan fingerprint density at radius 3 is 2.06 bits per heavy atom. The van der Waals surface area contributed by atoms with Gasteiger partial charge in [0.15, 0.2) is 5.65 Å². The van der Waals surface area contributed by atoms with Crippen LogP contribution in [0.3, 0.4) is 0 Å². The third kappa shape index (κ3) is 9.72. The molecule has 1 amide bonds. The zero-order valence-corrected chi connectivity index (χ0v) is 37.7. The second kappa shape index (κ2) is 20.7. The monoisotopic (exact) mass is 891 g/mol. The lowest BCUT2D eigenvalue weighted by Crippen LogP contribution is -2.42. The Hall–Kier alpha value is -6.00. The number of methoxy groups -OCH3 is 2. The minimum Gasteiger partial charge on any atom is -0.497 e. The molecule has 4 aromatic carbocycles. The second-order valence-electron chi connectivity index (χ2n) is 15.6. The van der Waals surface area contributed by atoms with Gasteiger partial charge in [-0.25, -0.2) is 9.46 Å². The minimum atomic E-state index is -1.94. The molecule has 3 N–H and O–H groups in total. The molecule has 0 bridgehead atoms. The van der Waals surface area contributed by atoms with Gasteiger partial charge in [-0.05, 0) is 87.2 Å². The van der Waals surface area contributed by atoms with Crippen molar-refractivity contribution in [3.63, 3.8) is 0 Å². The van der Waals surface area contributed by atoms with Crippen LogP contribution in [0.25, 0.3) is 5.65 Å². The lowest BCUT2D eigenvalue weighted by molar-refractivity contribution is -0.0805. The third-order valence-corrected chi connectivity index (χ3v) is 12.7. The molecule has 1 fully saturated rings. The first-order chi connectivity index (χ1) is 31.0. The summed E-state index contributed by atoms with van der Waals surface area (Å²) in [7, 11) is 1.28. The fourth-order valence-corrected chi connectivity index (χ4v) is 9.42. The Bertz CT molecular complexity index is 2480. The molecule has 17 heteroatoms. The van der Waals surface area contributed by atoms with Crippen LogP contribution in [0.2, 0.25) is 0 Å². The van der Waals surface area contributed by atoms with Crippen LogP contribution >= 0.6 is 8.53 Å². The average Bonchev–Trinajstić information content (AvgIpc) is 3.87. The average molecular weight is 892 g/mol. The molecule has 7 rings (SSSR count). The number of aromatic amines is 1. The van der Waals surface area contributed by atoms with E-state index in [0.717, 1.165) is 21.2 Å². The Kier molecular flexibility index (Phi) is 14.9. The van der Waals surface area contributed by atoms with E-state index in [1.807, 2.05) is 113 Å². The number of anilines is 1. The third-order valence-electron chi connectivity index (χ3n) is 10.8. The van der Waals surface area contributed by atoms with Gasteiger partial charge < -0.3 is 33.2 Å². The van der Waals surface area contributed by atoms with Crippen molar-refractivity contribution in [2.75, 3.05) is 26.1 Å². The molecule has 6 aromatic rings. The number of hydrogen-bond donors (Lipinski definition) is 3. The maximum Gasteiger partial charge on any atom is 0.350 e. The van der Waals surface area contributed by atoms with E-state index in [-0.39, 0.29) is 35.8 Å². The Morgan fingerprint density at radius 1 is 0.922 bits per heavy atom. The van der Waals surface area contributed by atoms with Crippen LogP contribution in [0.15, 0.2) is 125 Å². The van der Waals surface area contributed by atoms with Crippen LogP contribution in [-0.2, 0) is 24.2 Å². The van der Waals surface area contributed by atoms with Gasteiger partial charge in [0.05, 0.1) is 27.0 Å². The molecule has 336 valence electrons. The lowest BCUT2D eigenvalue weighted by atomic mass is 9.80. The molecule has 0 saturated carbocycles. The molecule has 5 unspecified atom stereocenters. The molecule has 0 aliphatic carbocycles. The van der Waals surface area contributed by atoms with Gasteiger partial charge in [0.25, 0.3) is 5.91 Å². The first-order valence-corrected chi connectivity index (χ1v) is 22.2. The van der Waals surface area contributed by atoms with E-state index in [9.17, 15) is 14.7 Å². The molecular weight excluding hydrogens is 838 g/mol. The summed E-state index contributed by atoms with van der Waals surface area (Å²) >= 11 is 0. The van der Waals surface area contributed by atoms with E-state index in [0.29, 0.717) is 23.5 Å². The molecule has 3 heterocycles. The predicted octanol–water partition coefficient (Wildman–Crippen LogP) is 7.64. The summed E-state index contributed by atoms with van der Waals surface area (Å²) in [6.07, 6.45) is -0.858. The number of oxime groups is 1. The maximum atomic E-state index is 13.4. The quantitative estimate of drug-likeness (QED) is 0.0313. The number of H-pyrrole nitrogens is 1. The molecule has 2 aromatic heterocycles. The number of benzene rings is 4. The van der Waals surface area contributed by atoms with Crippen LogP contribution in [0, 0.1) is 0 Å². The molecular formula is C47H54N7O9P. The zero-order chi connectivity index (χ0) is 45.4. The fourth-order valence-electron chi connectivity index (χ4n) is 7.82. The zero-order valence-electron chi connectivity index (χ0n) is 36.8. The van der Waals surface area contributed by atoms with Crippen molar-refractivity contribution in [3.8, 4) is 11.5 Å². The summed E-state index contributed by atoms with van der Waals surface area (Å²) in [6.45, 7) is 9.95. The Balaban J connectivity index is 1.33. The van der Waals surface area contributed by atoms with E-state index in [1.54, 1.807) is 50.8 Å². The molecule has 0 spiro atoms. The van der Waals surface area contributed by atoms with Crippen LogP contribution in [-0.4, -0.2) is 92.7 Å². The smallest absolute Gasteiger partial charge is 0.350 e. The number of amides is 1. The van der Waals surface area contributed by atoms with Gasteiger partial charge in [0, 0.05) is 29.4 Å². The fraction of sp³-hybridized carbons (Fsp3) is 0.340. The van der Waals surface area contributed by atoms with Gasteiger partial charge in [-0.1, -0.05) is 84.9 Å². The van der Waals surface area contributed by atoms with Gasteiger partial charge >= 0.3 is 14.2 Å². The number of carbonyl (C=O) groups is 1. The molecule has 16 nitrogen and oxygen atoms in total. The number of aromatic nitrogens is 4. The van der Waals surface area contributed by atoms with Crippen molar-refractivity contribution in [2.45, 2.75) is 83.1 Å². The van der Waals surface area contributed by atoms with Crippen molar-refractivity contribution in [3.05, 3.63) is 154 Å². The lowest BCUT2D eigenvalue weighted by Gasteiger charge is -2.38. The largest absolute Gasteiger partial charge is 0.497 e. The van der Waals surface area contributed by atoms with Crippen molar-refractivity contribution in [2.24, 2.45) is 5.16 Å². The molecule has 1 saturated heterocycles. The number of rotatable bonds is 19. The van der Waals surface area contributed by atoms with Gasteiger partial charge in [-0.3, -0.25) is 15.1 Å². The summed E-state index contributed by atoms with van der Waals surface area (Å²) in [5.74, 6) is 0.741. The highest BCUT2D eigenvalue weighted by molar-refractivity contribution is 7.44. The first-order valence-electron chi connectivity index (χ1n) is 21.1. The van der Waals surface area contributed by atoms with Gasteiger partial charge in [-0.2, -0.15) is 14.6 Å². The van der Waals surface area contributed by atoms with Gasteiger partial charge in [-0.15, -0.1) is 0 Å². The van der Waals surface area contributed by atoms with Crippen LogP contribution in [0.1, 0.15) is 79.8 Å². The number of nitrogens with zero attached hydrogens (tertiary/aromatic N) is 5. The van der Waals surface area contributed by atoms with E-state index >= 15 is 0 Å². The van der Waals surface area contributed by atoms with Crippen molar-refractivity contribution in [1.29, 1.82) is 0 Å². The molecule has 1 aliphatic rings. The van der Waals surface area contributed by atoms with E-state index in [2.05, 4.69) is 30.2 Å². The molecule has 5 atom stereocenters. The normalized spacial score (nSPS) is 18.3. The van der Waals surface area contributed by atoms with Gasteiger partial charge in [0.1, 0.15) is 41.5 Å². The van der Waals surface area contributed by atoms with E-state index in [1.165, 1.54) is 6.20 Å². The van der Waals surface area contributed by atoms with Crippen LogP contribution in [0.4, 0.5) is 5.95 Å². The Labute approximate surface area is 373 Å². The molecule has 1 aliphatic heterocycles. The van der Waals surface area contributed by atoms with E-state index in [4.69, 9.17) is 28.1 Å². The topological polar surface area (TPSA) is 183 Å². The number of aliphatic hydroxyl groups excluding tert-OH is 1. The van der Waals surface area contributed by atoms with Gasteiger partial charge in [0.2, 0.25) is 5.95 Å². The summed E-state index contributed by atoms with van der Waals surface area (Å²) in [5, 5.41) is 23.7. The summed E-state index contributed by atoms with van der Waals surface area (Å²) in [5.41, 5.74) is 1.20. The van der Waals surface area contributed by atoms with Crippen LogP contribution < -0.4 is 20.5 Å². The number of aliphatic hydroxyl groups is 1. The van der Waals surface area contributed by atoms with Crippen molar-refractivity contribution < 1.29 is 38.0 Å². The summed E-state index contributed by atoms with van der Waals surface area (Å²) < 4.78 is 41.3. The van der Waals surface area contributed by atoms with Crippen molar-refractivity contribution in [1.82, 2.24) is 24.3 Å². The van der Waals surface area contributed by atoms with E-state index < -0.39 is 50.1 Å². The second-order valence-corrected chi connectivity index (χ2v) is 16.9. The highest BCUT2D eigenvalue weighted by Crippen LogP contribution is 2.51. The SMILES string of the molecule is CC/C=N/OP(OC1C(COC(c2ccccc2)(c2ccc(OC)cc2)c2ccc(OC)cc2)OC(c2cnn3c(=O)[nH]c(NC(=O)c4ccccc4)nc23)C1O)N(C(C)C)C(C)C. The number of fused-ring (bicyclic) bond motifs is 1. The number of ether oxygens (including phenoxy) is 4. The first kappa shape index (κ1) is 46.0. The number of nitrogens with one attached hydrogen (secondary N) is 2. The highest BCUT2D eigenvalue weighted by Gasteiger charge is 2.51. The Morgan fingerprint density at radius 2 is 1.50 bits per heavy atom. The minimum absolute atomic E-state index is 0.0381. The van der Waals surface area contributed by atoms with Crippen LogP contribution in [0.5, 0.6) is 11.5 Å². The summed E-state index contributed by atoms with van der Waals surface area (Å²) in [4.78, 5) is 33.7. The highest BCUT2D eigenvalue weighted by atomic mass is 31.2. The number of hydrogen-bond acceptors (Lipinski definition) is 13. The predicted molar refractivity (Wildman–Crippen MR) is 244 cm³/mol. The molecule has 0 radical (unpaired) electrons. The van der Waals surface area contributed by atoms with Crippen molar-refractivity contribution >= 4 is 32.2 Å². The maximum absolute atomic E-state index is 13.4. The molecule has 64 heavy (non-hydrogen) atoms.